The Labute approximate surface area is 217 Å². The van der Waals surface area contributed by atoms with Gasteiger partial charge in [0, 0.05) is 32.4 Å². The van der Waals surface area contributed by atoms with Crippen LogP contribution in [0.5, 0.6) is 34.5 Å². The summed E-state index contributed by atoms with van der Waals surface area (Å²) in [6, 6.07) is 4.46. The smallest absolute Gasteiger partial charge is 0.308 e. The highest BCUT2D eigenvalue weighted by Crippen LogP contribution is 2.50. The van der Waals surface area contributed by atoms with Gasteiger partial charge in [-0.1, -0.05) is 6.08 Å². The van der Waals surface area contributed by atoms with Crippen molar-refractivity contribution in [2.75, 3.05) is 21.3 Å². The molecule has 11 heteroatoms. The first-order valence-corrected chi connectivity index (χ1v) is 11.2. The molecule has 0 aliphatic heterocycles. The van der Waals surface area contributed by atoms with E-state index in [1.165, 1.54) is 73.3 Å². The van der Waals surface area contributed by atoms with Gasteiger partial charge in [0.25, 0.3) is 0 Å². The van der Waals surface area contributed by atoms with Crippen molar-refractivity contribution >= 4 is 41.0 Å². The van der Waals surface area contributed by atoms with Gasteiger partial charge in [0.15, 0.2) is 16.8 Å². The quantitative estimate of drug-likeness (QED) is 0.310. The zero-order valence-electron chi connectivity index (χ0n) is 21.9. The van der Waals surface area contributed by atoms with E-state index in [-0.39, 0.29) is 56.8 Å². The lowest BCUT2D eigenvalue weighted by Gasteiger charge is -2.18. The third-order valence-corrected chi connectivity index (χ3v) is 5.14. The molecule has 0 saturated carbocycles. The summed E-state index contributed by atoms with van der Waals surface area (Å²) in [5.74, 6) is -1.43. The van der Waals surface area contributed by atoms with E-state index in [9.17, 15) is 19.2 Å². The highest BCUT2D eigenvalue weighted by atomic mass is 16.6. The topological polar surface area (TPSA) is 137 Å². The van der Waals surface area contributed by atoms with Crippen LogP contribution in [0.2, 0.25) is 0 Å². The van der Waals surface area contributed by atoms with Crippen LogP contribution in [0.1, 0.15) is 37.7 Å². The van der Waals surface area contributed by atoms with Crippen LogP contribution in [0.3, 0.4) is 0 Å². The van der Waals surface area contributed by atoms with Gasteiger partial charge in [-0.25, -0.2) is 0 Å². The monoisotopic (exact) mass is 526 g/mol. The maximum absolute atomic E-state index is 13.5. The third-order valence-electron chi connectivity index (χ3n) is 5.14. The third kappa shape index (κ3) is 5.77. The van der Waals surface area contributed by atoms with Crippen molar-refractivity contribution in [3.63, 3.8) is 0 Å². The van der Waals surface area contributed by atoms with Crippen molar-refractivity contribution in [3.8, 4) is 34.5 Å². The Morgan fingerprint density at radius 1 is 0.711 bits per heavy atom. The van der Waals surface area contributed by atoms with Crippen molar-refractivity contribution in [1.29, 1.82) is 0 Å². The summed E-state index contributed by atoms with van der Waals surface area (Å²) < 4.78 is 37.9. The van der Waals surface area contributed by atoms with Crippen molar-refractivity contribution in [2.45, 2.75) is 27.7 Å². The second-order valence-corrected chi connectivity index (χ2v) is 7.91. The summed E-state index contributed by atoms with van der Waals surface area (Å²) in [5, 5.41) is -0.0710. The molecule has 11 nitrogen and oxygen atoms in total. The predicted molar refractivity (Wildman–Crippen MR) is 136 cm³/mol. The van der Waals surface area contributed by atoms with Gasteiger partial charge >= 0.3 is 17.9 Å². The second-order valence-electron chi connectivity index (χ2n) is 7.91. The zero-order chi connectivity index (χ0) is 28.1. The number of ether oxygens (including phenoxy) is 6. The largest absolute Gasteiger partial charge is 0.490 e. The van der Waals surface area contributed by atoms with Gasteiger partial charge in [0.2, 0.25) is 17.2 Å². The standard InChI is InChI=1S/C27H26O11/c1-13-20(9-8-17-10-18(35-14(2)28)12-19(11-17)36-15(3)29)38-24-21(22(13)31)23(37-16(4)30)25(32-5)27(34-7)26(24)33-6/h8-12H,1-7H3/b9-8+. The number of rotatable bonds is 8. The molecule has 3 rings (SSSR count). The van der Waals surface area contributed by atoms with Gasteiger partial charge in [-0.05, 0) is 30.7 Å². The number of carbonyl (C=O) groups is 3. The van der Waals surface area contributed by atoms with Crippen LogP contribution in [0.15, 0.2) is 27.4 Å². The van der Waals surface area contributed by atoms with Crippen molar-refractivity contribution in [2.24, 2.45) is 0 Å². The lowest BCUT2D eigenvalue weighted by molar-refractivity contribution is -0.133. The summed E-state index contributed by atoms with van der Waals surface area (Å²) in [7, 11) is 4.04. The van der Waals surface area contributed by atoms with E-state index >= 15 is 0 Å². The molecule has 0 unspecified atom stereocenters. The molecule has 0 amide bonds. The van der Waals surface area contributed by atoms with E-state index in [1.54, 1.807) is 6.08 Å². The number of benzene rings is 2. The Bertz CT molecular complexity index is 1480. The molecule has 0 bridgehead atoms. The predicted octanol–water partition coefficient (Wildman–Crippen LogP) is 4.07. The van der Waals surface area contributed by atoms with Crippen LogP contribution >= 0.6 is 0 Å². The number of fused-ring (bicyclic) bond motifs is 1. The summed E-state index contributed by atoms with van der Waals surface area (Å²) in [6.07, 6.45) is 3.07. The van der Waals surface area contributed by atoms with Crippen molar-refractivity contribution in [3.05, 3.63) is 45.3 Å². The number of carbonyl (C=O) groups excluding carboxylic acids is 3. The van der Waals surface area contributed by atoms with Gasteiger partial charge in [0.1, 0.15) is 22.6 Å². The first-order valence-electron chi connectivity index (χ1n) is 11.2. The van der Waals surface area contributed by atoms with E-state index in [0.717, 1.165) is 0 Å². The maximum atomic E-state index is 13.5. The van der Waals surface area contributed by atoms with Crippen LogP contribution in [0.4, 0.5) is 0 Å². The van der Waals surface area contributed by atoms with Gasteiger partial charge < -0.3 is 32.8 Å². The minimum atomic E-state index is -0.686. The zero-order valence-corrected chi connectivity index (χ0v) is 21.9. The maximum Gasteiger partial charge on any atom is 0.308 e. The molecule has 0 aliphatic rings. The summed E-state index contributed by atoms with van der Waals surface area (Å²) >= 11 is 0. The average Bonchev–Trinajstić information content (AvgIpc) is 2.83. The minimum Gasteiger partial charge on any atom is -0.490 e. The van der Waals surface area contributed by atoms with Gasteiger partial charge in [-0.3, -0.25) is 19.2 Å². The molecule has 0 spiro atoms. The van der Waals surface area contributed by atoms with Crippen LogP contribution in [0, 0.1) is 6.92 Å². The average molecular weight is 526 g/mol. The highest BCUT2D eigenvalue weighted by Gasteiger charge is 2.29. The Balaban J connectivity index is 2.27. The van der Waals surface area contributed by atoms with E-state index < -0.39 is 23.3 Å². The Kier molecular flexibility index (Phi) is 8.41. The van der Waals surface area contributed by atoms with Crippen LogP contribution in [0.25, 0.3) is 23.1 Å². The molecule has 1 heterocycles. The van der Waals surface area contributed by atoms with E-state index in [0.29, 0.717) is 5.56 Å². The summed E-state index contributed by atoms with van der Waals surface area (Å²) in [5.41, 5.74) is 0.122. The number of hydrogen-bond acceptors (Lipinski definition) is 11. The lowest BCUT2D eigenvalue weighted by Crippen LogP contribution is -2.13. The molecule has 3 aromatic rings. The van der Waals surface area contributed by atoms with Crippen molar-refractivity contribution in [1.82, 2.24) is 0 Å². The molecule has 200 valence electrons. The fourth-order valence-corrected chi connectivity index (χ4v) is 3.70. The summed E-state index contributed by atoms with van der Waals surface area (Å²) in [4.78, 5) is 48.2. The first kappa shape index (κ1) is 27.8. The molecule has 0 saturated heterocycles. The Hall–Kier alpha value is -4.80. The molecule has 0 atom stereocenters. The molecular formula is C27H26O11. The number of esters is 3. The molecule has 0 radical (unpaired) electrons. The van der Waals surface area contributed by atoms with Crippen LogP contribution < -0.4 is 33.8 Å². The fraction of sp³-hybridized carbons (Fsp3) is 0.259. The molecule has 2 aromatic carbocycles. The molecular weight excluding hydrogens is 500 g/mol. The highest BCUT2D eigenvalue weighted by molar-refractivity contribution is 5.97. The normalized spacial score (nSPS) is 10.8. The lowest BCUT2D eigenvalue weighted by atomic mass is 10.1. The fourth-order valence-electron chi connectivity index (χ4n) is 3.70. The Morgan fingerprint density at radius 2 is 1.21 bits per heavy atom. The molecule has 0 fully saturated rings. The van der Waals surface area contributed by atoms with Crippen molar-refractivity contribution < 1.29 is 47.2 Å². The van der Waals surface area contributed by atoms with E-state index in [2.05, 4.69) is 0 Å². The van der Waals surface area contributed by atoms with Gasteiger partial charge in [-0.2, -0.15) is 0 Å². The first-order chi connectivity index (χ1) is 18.0. The van der Waals surface area contributed by atoms with Gasteiger partial charge in [-0.15, -0.1) is 0 Å². The van der Waals surface area contributed by atoms with Crippen LogP contribution in [-0.2, 0) is 14.4 Å². The molecule has 0 aliphatic carbocycles. The molecule has 38 heavy (non-hydrogen) atoms. The molecule has 1 aromatic heterocycles. The van der Waals surface area contributed by atoms with Gasteiger partial charge in [0.05, 0.1) is 21.3 Å². The van der Waals surface area contributed by atoms with E-state index in [1.807, 2.05) is 0 Å². The minimum absolute atomic E-state index is 0.0117. The number of hydrogen-bond donors (Lipinski definition) is 0. The Morgan fingerprint density at radius 3 is 1.68 bits per heavy atom. The second kappa shape index (κ2) is 11.5. The van der Waals surface area contributed by atoms with Crippen LogP contribution in [-0.4, -0.2) is 39.2 Å². The SMILES string of the molecule is COc1c(OC)c(OC(C)=O)c2c(=O)c(C)c(/C=C/c3cc(OC(C)=O)cc(OC(C)=O)c3)oc2c1OC. The summed E-state index contributed by atoms with van der Waals surface area (Å²) in [6.45, 7) is 5.19. The molecule has 0 N–H and O–H groups in total. The van der Waals surface area contributed by atoms with E-state index in [4.69, 9.17) is 32.8 Å². The number of methoxy groups -OCH3 is 3.